The molecule has 1 aliphatic rings. The molecule has 1 fully saturated rings. The number of hydrogen-bond acceptors (Lipinski definition) is 7. The predicted octanol–water partition coefficient (Wildman–Crippen LogP) is 3.68. The number of thiazole rings is 1. The Hall–Kier alpha value is -2.57. The van der Waals surface area contributed by atoms with Crippen LogP contribution in [0.5, 0.6) is 5.75 Å². The minimum atomic E-state index is -3.69. The zero-order chi connectivity index (χ0) is 26.6. The van der Waals surface area contributed by atoms with Crippen molar-refractivity contribution < 1.29 is 27.4 Å². The Labute approximate surface area is 221 Å². The van der Waals surface area contributed by atoms with E-state index in [1.54, 1.807) is 0 Å². The van der Waals surface area contributed by atoms with Crippen molar-refractivity contribution >= 4 is 37.5 Å². The van der Waals surface area contributed by atoms with E-state index in [0.717, 1.165) is 16.0 Å². The maximum atomic E-state index is 13.1. The summed E-state index contributed by atoms with van der Waals surface area (Å²) in [6.45, 7) is 10.2. The summed E-state index contributed by atoms with van der Waals surface area (Å²) in [5, 5.41) is 0. The Morgan fingerprint density at radius 3 is 2.43 bits per heavy atom. The lowest BCUT2D eigenvalue weighted by atomic mass is 10.2. The van der Waals surface area contributed by atoms with Gasteiger partial charge in [-0.15, -0.1) is 0 Å². The van der Waals surface area contributed by atoms with Crippen LogP contribution in [0.4, 0.5) is 0 Å². The largest absolute Gasteiger partial charge is 0.492 e. The van der Waals surface area contributed by atoms with Crippen molar-refractivity contribution in [2.75, 3.05) is 32.9 Å². The van der Waals surface area contributed by atoms with E-state index in [9.17, 15) is 13.2 Å². The van der Waals surface area contributed by atoms with Crippen LogP contribution in [0.1, 0.15) is 38.1 Å². The summed E-state index contributed by atoms with van der Waals surface area (Å²) in [4.78, 5) is 18.2. The van der Waals surface area contributed by atoms with Gasteiger partial charge in [-0.05, 0) is 64.1 Å². The lowest BCUT2D eigenvalue weighted by Gasteiger charge is -2.34. The number of rotatable bonds is 9. The van der Waals surface area contributed by atoms with Gasteiger partial charge in [0.25, 0.3) is 5.91 Å². The standard InChI is InChI=1S/C26H33N3O6S2/c1-5-33-15-14-29-24-22(34-6-2)8-7-9-23(24)36-26(29)27-25(30)20-10-12-21(13-11-20)37(31,32)28-16-18(3)35-19(4)17-28/h7-13,18-19H,5-6,14-17H2,1-4H3. The van der Waals surface area contributed by atoms with Gasteiger partial charge in [0.15, 0.2) is 4.80 Å². The summed E-state index contributed by atoms with van der Waals surface area (Å²) in [7, 11) is -3.69. The van der Waals surface area contributed by atoms with Gasteiger partial charge in [-0.3, -0.25) is 4.79 Å². The second-order valence-corrected chi connectivity index (χ2v) is 11.7. The molecule has 4 rings (SSSR count). The topological polar surface area (TPSA) is 99.4 Å². The number of morpholine rings is 1. The Morgan fingerprint density at radius 1 is 1.08 bits per heavy atom. The highest BCUT2D eigenvalue weighted by Gasteiger charge is 2.32. The zero-order valence-corrected chi connectivity index (χ0v) is 23.2. The SMILES string of the molecule is CCOCCn1c(=NC(=O)c2ccc(S(=O)(=O)N3CC(C)OC(C)C3)cc2)sc2cccc(OCC)c21. The van der Waals surface area contributed by atoms with Crippen LogP contribution < -0.4 is 9.54 Å². The third kappa shape index (κ3) is 6.12. The van der Waals surface area contributed by atoms with Crippen LogP contribution in [0.2, 0.25) is 0 Å². The first kappa shape index (κ1) is 27.5. The van der Waals surface area contributed by atoms with Gasteiger partial charge in [-0.2, -0.15) is 9.30 Å². The van der Waals surface area contributed by atoms with Gasteiger partial charge in [0, 0.05) is 31.8 Å². The Morgan fingerprint density at radius 2 is 1.78 bits per heavy atom. The fourth-order valence-electron chi connectivity index (χ4n) is 4.36. The molecule has 11 heteroatoms. The predicted molar refractivity (Wildman–Crippen MR) is 143 cm³/mol. The molecule has 9 nitrogen and oxygen atoms in total. The quantitative estimate of drug-likeness (QED) is 0.379. The fourth-order valence-corrected chi connectivity index (χ4v) is 7.02. The Balaban J connectivity index is 1.65. The normalized spacial score (nSPS) is 19.4. The summed E-state index contributed by atoms with van der Waals surface area (Å²) >= 11 is 1.40. The van der Waals surface area contributed by atoms with Crippen LogP contribution in [-0.2, 0) is 26.0 Å². The second kappa shape index (κ2) is 11.9. The highest BCUT2D eigenvalue weighted by molar-refractivity contribution is 7.89. The first-order chi connectivity index (χ1) is 17.7. The van der Waals surface area contributed by atoms with Gasteiger partial charge in [-0.25, -0.2) is 8.42 Å². The molecule has 0 radical (unpaired) electrons. The van der Waals surface area contributed by atoms with E-state index in [1.165, 1.54) is 39.9 Å². The van der Waals surface area contributed by atoms with E-state index in [4.69, 9.17) is 14.2 Å². The molecule has 1 aromatic heterocycles. The monoisotopic (exact) mass is 547 g/mol. The van der Waals surface area contributed by atoms with Crippen molar-refractivity contribution in [2.45, 2.75) is 51.3 Å². The summed E-state index contributed by atoms with van der Waals surface area (Å²) in [6.07, 6.45) is -0.366. The van der Waals surface area contributed by atoms with E-state index < -0.39 is 15.9 Å². The molecule has 2 heterocycles. The number of aromatic nitrogens is 1. The summed E-state index contributed by atoms with van der Waals surface area (Å²) in [5.74, 6) is 0.273. The second-order valence-electron chi connectivity index (χ2n) is 8.79. The number of sulfonamides is 1. The molecular formula is C26H33N3O6S2. The molecule has 37 heavy (non-hydrogen) atoms. The van der Waals surface area contributed by atoms with Gasteiger partial charge in [0.2, 0.25) is 10.0 Å². The van der Waals surface area contributed by atoms with E-state index in [0.29, 0.717) is 49.8 Å². The lowest BCUT2D eigenvalue weighted by Crippen LogP contribution is -2.48. The molecule has 1 aliphatic heterocycles. The molecule has 0 N–H and O–H groups in total. The van der Waals surface area contributed by atoms with E-state index in [-0.39, 0.29) is 17.1 Å². The maximum Gasteiger partial charge on any atom is 0.279 e. The molecule has 200 valence electrons. The van der Waals surface area contributed by atoms with Crippen LogP contribution >= 0.6 is 11.3 Å². The van der Waals surface area contributed by atoms with Gasteiger partial charge >= 0.3 is 0 Å². The number of benzene rings is 2. The highest BCUT2D eigenvalue weighted by Crippen LogP contribution is 2.28. The summed E-state index contributed by atoms with van der Waals surface area (Å²) in [5.41, 5.74) is 1.18. The number of fused-ring (bicyclic) bond motifs is 1. The van der Waals surface area contributed by atoms with Crippen molar-refractivity contribution in [3.63, 3.8) is 0 Å². The first-order valence-electron chi connectivity index (χ1n) is 12.4. The number of amides is 1. The average Bonchev–Trinajstić information content (AvgIpc) is 3.21. The van der Waals surface area contributed by atoms with Crippen molar-refractivity contribution in [3.05, 3.63) is 52.8 Å². The van der Waals surface area contributed by atoms with E-state index in [1.807, 2.05) is 50.5 Å². The number of carbonyl (C=O) groups excluding carboxylic acids is 1. The molecular weight excluding hydrogens is 514 g/mol. The minimum Gasteiger partial charge on any atom is -0.492 e. The lowest BCUT2D eigenvalue weighted by molar-refractivity contribution is -0.0440. The number of ether oxygens (including phenoxy) is 3. The summed E-state index contributed by atoms with van der Waals surface area (Å²) in [6, 6.07) is 11.7. The fraction of sp³-hybridized carbons (Fsp3) is 0.462. The molecule has 0 spiro atoms. The number of carbonyl (C=O) groups is 1. The first-order valence-corrected chi connectivity index (χ1v) is 14.7. The molecule has 2 unspecified atom stereocenters. The maximum absolute atomic E-state index is 13.1. The molecule has 0 aliphatic carbocycles. The molecule has 1 amide bonds. The van der Waals surface area contributed by atoms with Crippen LogP contribution in [0.25, 0.3) is 10.2 Å². The van der Waals surface area contributed by atoms with E-state index in [2.05, 4.69) is 4.99 Å². The smallest absolute Gasteiger partial charge is 0.279 e. The number of nitrogens with zero attached hydrogens (tertiary/aromatic N) is 3. The molecule has 2 atom stereocenters. The molecule has 2 aromatic carbocycles. The van der Waals surface area contributed by atoms with Crippen molar-refractivity contribution in [3.8, 4) is 5.75 Å². The number of hydrogen-bond donors (Lipinski definition) is 0. The van der Waals surface area contributed by atoms with Crippen molar-refractivity contribution in [1.82, 2.24) is 8.87 Å². The van der Waals surface area contributed by atoms with E-state index >= 15 is 0 Å². The van der Waals surface area contributed by atoms with Gasteiger partial charge in [0.1, 0.15) is 11.3 Å². The molecule has 0 bridgehead atoms. The number of para-hydroxylation sites is 1. The average molecular weight is 548 g/mol. The molecule has 0 saturated carbocycles. The van der Waals surface area contributed by atoms with Crippen LogP contribution in [0, 0.1) is 0 Å². The molecule has 1 saturated heterocycles. The van der Waals surface area contributed by atoms with Crippen molar-refractivity contribution in [2.24, 2.45) is 4.99 Å². The highest BCUT2D eigenvalue weighted by atomic mass is 32.2. The van der Waals surface area contributed by atoms with Crippen molar-refractivity contribution in [1.29, 1.82) is 0 Å². The van der Waals surface area contributed by atoms with Gasteiger partial charge in [-0.1, -0.05) is 17.4 Å². The summed E-state index contributed by atoms with van der Waals surface area (Å²) < 4.78 is 47.6. The zero-order valence-electron chi connectivity index (χ0n) is 21.5. The minimum absolute atomic E-state index is 0.139. The van der Waals surface area contributed by atoms with Crippen LogP contribution in [0.3, 0.4) is 0 Å². The third-order valence-corrected chi connectivity index (χ3v) is 8.84. The Bertz CT molecular complexity index is 1400. The third-order valence-electron chi connectivity index (χ3n) is 5.95. The molecule has 3 aromatic rings. The Kier molecular flexibility index (Phi) is 8.81. The van der Waals surface area contributed by atoms with Gasteiger partial charge in [0.05, 0.1) is 35.0 Å². The van der Waals surface area contributed by atoms with Gasteiger partial charge < -0.3 is 18.8 Å². The van der Waals surface area contributed by atoms with Crippen LogP contribution in [-0.4, -0.2) is 68.3 Å². The van der Waals surface area contributed by atoms with Crippen LogP contribution in [0.15, 0.2) is 52.4 Å².